The van der Waals surface area contributed by atoms with Crippen molar-refractivity contribution in [3.8, 4) is 0 Å². The summed E-state index contributed by atoms with van der Waals surface area (Å²) in [7, 11) is 0. The Morgan fingerprint density at radius 2 is 1.73 bits per heavy atom. The highest BCUT2D eigenvalue weighted by atomic mass is 15.2. The summed E-state index contributed by atoms with van der Waals surface area (Å²) < 4.78 is 0. The number of hydrogen-bond acceptors (Lipinski definition) is 2. The van der Waals surface area contributed by atoms with Crippen LogP contribution in [0.15, 0.2) is 72.9 Å². The maximum absolute atomic E-state index is 4.52. The van der Waals surface area contributed by atoms with Crippen molar-refractivity contribution < 1.29 is 0 Å². The molecule has 0 saturated heterocycles. The fraction of sp³-hybridized carbons (Fsp3) is 0.292. The molecule has 2 aromatic carbocycles. The molecule has 2 nitrogen and oxygen atoms in total. The number of fused-ring (bicyclic) bond motifs is 1. The molecule has 0 amide bonds. The Kier molecular flexibility index (Phi) is 3.68. The Hall–Kier alpha value is -2.45. The zero-order valence-corrected chi connectivity index (χ0v) is 15.2. The molecule has 0 radical (unpaired) electrons. The Morgan fingerprint density at radius 1 is 0.962 bits per heavy atom. The highest BCUT2D eigenvalue weighted by Crippen LogP contribution is 2.49. The summed E-state index contributed by atoms with van der Waals surface area (Å²) in [6, 6.07) is 24.8. The lowest BCUT2D eigenvalue weighted by Crippen LogP contribution is -2.46. The summed E-state index contributed by atoms with van der Waals surface area (Å²) >= 11 is 0. The molecular weight excluding hydrogens is 316 g/mol. The molecule has 3 aliphatic rings. The SMILES string of the molecule is CC12CN(CCc3ccccn3)C(Cc3ccccc31)c1ccccc12. The quantitative estimate of drug-likeness (QED) is 0.696. The third-order valence-corrected chi connectivity index (χ3v) is 6.28. The number of hydrogen-bond donors (Lipinski definition) is 0. The van der Waals surface area contributed by atoms with E-state index in [-0.39, 0.29) is 5.41 Å². The minimum atomic E-state index is 0.0598. The molecule has 3 heterocycles. The second kappa shape index (κ2) is 6.07. The van der Waals surface area contributed by atoms with Crippen molar-refractivity contribution in [3.05, 3.63) is 101 Å². The zero-order chi connectivity index (χ0) is 17.6. The lowest BCUT2D eigenvalue weighted by atomic mass is 9.72. The van der Waals surface area contributed by atoms with Crippen LogP contribution in [0.3, 0.4) is 0 Å². The molecule has 2 aliphatic heterocycles. The Morgan fingerprint density at radius 3 is 2.58 bits per heavy atom. The molecule has 6 rings (SSSR count). The van der Waals surface area contributed by atoms with Crippen molar-refractivity contribution in [2.45, 2.75) is 31.2 Å². The van der Waals surface area contributed by atoms with Crippen molar-refractivity contribution in [1.29, 1.82) is 0 Å². The van der Waals surface area contributed by atoms with Crippen molar-refractivity contribution in [2.75, 3.05) is 13.1 Å². The van der Waals surface area contributed by atoms with E-state index >= 15 is 0 Å². The van der Waals surface area contributed by atoms with Gasteiger partial charge in [0.2, 0.25) is 0 Å². The Balaban J connectivity index is 1.56. The monoisotopic (exact) mass is 340 g/mol. The smallest absolute Gasteiger partial charge is 0.0416 e. The van der Waals surface area contributed by atoms with Gasteiger partial charge in [0, 0.05) is 42.9 Å². The van der Waals surface area contributed by atoms with Gasteiger partial charge in [-0.25, -0.2) is 0 Å². The van der Waals surface area contributed by atoms with Crippen LogP contribution in [0.4, 0.5) is 0 Å². The minimum absolute atomic E-state index is 0.0598. The topological polar surface area (TPSA) is 16.1 Å². The van der Waals surface area contributed by atoms with Gasteiger partial charge < -0.3 is 0 Å². The molecule has 1 aliphatic carbocycles. The first-order chi connectivity index (χ1) is 12.8. The lowest BCUT2D eigenvalue weighted by Gasteiger charge is -2.44. The van der Waals surface area contributed by atoms with E-state index in [0.29, 0.717) is 6.04 Å². The Labute approximate surface area is 155 Å². The van der Waals surface area contributed by atoms with Gasteiger partial charge in [0.1, 0.15) is 0 Å². The van der Waals surface area contributed by atoms with Gasteiger partial charge >= 0.3 is 0 Å². The number of pyridine rings is 1. The van der Waals surface area contributed by atoms with E-state index in [9.17, 15) is 0 Å². The molecule has 3 aromatic rings. The maximum atomic E-state index is 4.52. The zero-order valence-electron chi connectivity index (χ0n) is 15.2. The van der Waals surface area contributed by atoms with Crippen LogP contribution in [0.2, 0.25) is 0 Å². The van der Waals surface area contributed by atoms with E-state index in [4.69, 9.17) is 0 Å². The number of aromatic nitrogens is 1. The predicted molar refractivity (Wildman–Crippen MR) is 105 cm³/mol. The molecule has 130 valence electrons. The number of benzene rings is 2. The van der Waals surface area contributed by atoms with Gasteiger partial charge in [-0.1, -0.05) is 61.5 Å². The third kappa shape index (κ3) is 2.40. The van der Waals surface area contributed by atoms with Crippen molar-refractivity contribution in [2.24, 2.45) is 0 Å². The highest BCUT2D eigenvalue weighted by Gasteiger charge is 2.45. The van der Waals surface area contributed by atoms with Gasteiger partial charge in [0.25, 0.3) is 0 Å². The summed E-state index contributed by atoms with van der Waals surface area (Å²) in [6.45, 7) is 4.57. The van der Waals surface area contributed by atoms with Crippen molar-refractivity contribution >= 4 is 0 Å². The summed E-state index contributed by atoms with van der Waals surface area (Å²) in [4.78, 5) is 7.21. The predicted octanol–water partition coefficient (Wildman–Crippen LogP) is 4.54. The second-order valence-corrected chi connectivity index (χ2v) is 7.84. The van der Waals surface area contributed by atoms with Crippen LogP contribution in [0, 0.1) is 0 Å². The first-order valence-electron chi connectivity index (χ1n) is 9.57. The fourth-order valence-corrected chi connectivity index (χ4v) is 5.04. The van der Waals surface area contributed by atoms with E-state index in [1.165, 1.54) is 27.9 Å². The standard InChI is InChI=1S/C24H24N2/c1-24-17-26(15-13-19-9-6-7-14-25-19)23(20-10-3-5-12-22(20)24)16-18-8-2-4-11-21(18)24/h2-12,14,23H,13,15-17H2,1H3. The van der Waals surface area contributed by atoms with Crippen LogP contribution < -0.4 is 0 Å². The second-order valence-electron chi connectivity index (χ2n) is 7.84. The molecule has 0 saturated carbocycles. The van der Waals surface area contributed by atoms with E-state index in [1.807, 2.05) is 12.3 Å². The largest absolute Gasteiger partial charge is 0.294 e. The first-order valence-corrected chi connectivity index (χ1v) is 9.57. The van der Waals surface area contributed by atoms with Crippen LogP contribution in [-0.2, 0) is 18.3 Å². The molecule has 1 aromatic heterocycles. The molecule has 2 bridgehead atoms. The molecule has 2 heteroatoms. The highest BCUT2D eigenvalue weighted by molar-refractivity contribution is 5.53. The molecule has 26 heavy (non-hydrogen) atoms. The van der Waals surface area contributed by atoms with Crippen LogP contribution in [-0.4, -0.2) is 23.0 Å². The van der Waals surface area contributed by atoms with Gasteiger partial charge in [-0.2, -0.15) is 0 Å². The summed E-state index contributed by atoms with van der Waals surface area (Å²) in [5.74, 6) is 0. The Bertz CT molecular complexity index is 934. The molecular formula is C24H24N2. The van der Waals surface area contributed by atoms with Crippen molar-refractivity contribution in [3.63, 3.8) is 0 Å². The molecule has 0 N–H and O–H groups in total. The van der Waals surface area contributed by atoms with Crippen LogP contribution in [0.25, 0.3) is 0 Å². The van der Waals surface area contributed by atoms with Crippen LogP contribution >= 0.6 is 0 Å². The molecule has 0 spiro atoms. The normalized spacial score (nSPS) is 24.0. The van der Waals surface area contributed by atoms with E-state index in [0.717, 1.165) is 25.9 Å². The van der Waals surface area contributed by atoms with Gasteiger partial charge in [-0.05, 0) is 40.8 Å². The average molecular weight is 340 g/mol. The van der Waals surface area contributed by atoms with E-state index in [2.05, 4.69) is 77.5 Å². The molecule has 0 fully saturated rings. The molecule has 2 unspecified atom stereocenters. The maximum Gasteiger partial charge on any atom is 0.0416 e. The van der Waals surface area contributed by atoms with Crippen LogP contribution in [0.1, 0.15) is 40.9 Å². The van der Waals surface area contributed by atoms with Crippen molar-refractivity contribution in [1.82, 2.24) is 9.88 Å². The van der Waals surface area contributed by atoms with E-state index in [1.54, 1.807) is 0 Å². The van der Waals surface area contributed by atoms with E-state index < -0.39 is 0 Å². The van der Waals surface area contributed by atoms with Crippen LogP contribution in [0.5, 0.6) is 0 Å². The minimum Gasteiger partial charge on any atom is -0.294 e. The fourth-order valence-electron chi connectivity index (χ4n) is 5.04. The average Bonchev–Trinajstić information content (AvgIpc) is 2.89. The summed E-state index contributed by atoms with van der Waals surface area (Å²) in [5.41, 5.74) is 7.29. The number of rotatable bonds is 3. The van der Waals surface area contributed by atoms with Gasteiger partial charge in [0.05, 0.1) is 0 Å². The lowest BCUT2D eigenvalue weighted by molar-refractivity contribution is 0.157. The number of nitrogens with zero attached hydrogens (tertiary/aromatic N) is 2. The van der Waals surface area contributed by atoms with Gasteiger partial charge in [0.15, 0.2) is 0 Å². The summed E-state index contributed by atoms with van der Waals surface area (Å²) in [5, 5.41) is 0. The summed E-state index contributed by atoms with van der Waals surface area (Å²) in [6.07, 6.45) is 4.01. The third-order valence-electron chi connectivity index (χ3n) is 6.28. The first kappa shape index (κ1) is 15.8. The van der Waals surface area contributed by atoms with Gasteiger partial charge in [-0.15, -0.1) is 0 Å². The van der Waals surface area contributed by atoms with Gasteiger partial charge in [-0.3, -0.25) is 9.88 Å². The molecule has 2 atom stereocenters.